The second-order valence-electron chi connectivity index (χ2n) is 8.16. The van der Waals surface area contributed by atoms with E-state index in [1.165, 1.54) is 5.56 Å². The Labute approximate surface area is 197 Å². The second kappa shape index (κ2) is 13.1. The highest BCUT2D eigenvalue weighted by atomic mass is 16.7. The Morgan fingerprint density at radius 3 is 2.30 bits per heavy atom. The molecule has 0 spiro atoms. The molecule has 5 nitrogen and oxygen atoms in total. The maximum atomic E-state index is 13.5. The Kier molecular flexibility index (Phi) is 9.88. The van der Waals surface area contributed by atoms with Gasteiger partial charge in [-0.1, -0.05) is 72.8 Å². The van der Waals surface area contributed by atoms with Gasteiger partial charge in [0.2, 0.25) is 5.91 Å². The molecule has 5 heteroatoms. The quantitative estimate of drug-likeness (QED) is 0.389. The summed E-state index contributed by atoms with van der Waals surface area (Å²) < 4.78 is 11.5. The molecule has 0 heterocycles. The number of carbonyl (C=O) groups excluding carboxylic acids is 1. The molecule has 1 amide bonds. The SMILES string of the molecule is CCOC(CN(CCCc1ccccc1)C(=O)[C@@H](N)Cc1cccc2ccccc12)OCC. The van der Waals surface area contributed by atoms with Gasteiger partial charge in [-0.05, 0) is 55.0 Å². The Morgan fingerprint density at radius 1 is 0.909 bits per heavy atom. The summed E-state index contributed by atoms with van der Waals surface area (Å²) >= 11 is 0. The van der Waals surface area contributed by atoms with Crippen molar-refractivity contribution in [2.24, 2.45) is 5.73 Å². The molecule has 0 aromatic heterocycles. The molecule has 0 fully saturated rings. The highest BCUT2D eigenvalue weighted by Gasteiger charge is 2.25. The average molecular weight is 449 g/mol. The molecule has 33 heavy (non-hydrogen) atoms. The smallest absolute Gasteiger partial charge is 0.240 e. The fraction of sp³-hybridized carbons (Fsp3) is 0.393. The molecule has 0 aliphatic heterocycles. The summed E-state index contributed by atoms with van der Waals surface area (Å²) in [6.45, 7) is 5.89. The van der Waals surface area contributed by atoms with Crippen molar-refractivity contribution >= 4 is 16.7 Å². The van der Waals surface area contributed by atoms with Gasteiger partial charge in [0, 0.05) is 19.8 Å². The minimum atomic E-state index is -0.628. The van der Waals surface area contributed by atoms with Crippen molar-refractivity contribution in [3.63, 3.8) is 0 Å². The fourth-order valence-electron chi connectivity index (χ4n) is 4.14. The highest BCUT2D eigenvalue weighted by Crippen LogP contribution is 2.20. The summed E-state index contributed by atoms with van der Waals surface area (Å²) in [4.78, 5) is 15.3. The number of hydrogen-bond donors (Lipinski definition) is 1. The van der Waals surface area contributed by atoms with Crippen molar-refractivity contribution in [1.29, 1.82) is 0 Å². The van der Waals surface area contributed by atoms with Crippen molar-refractivity contribution in [2.75, 3.05) is 26.3 Å². The van der Waals surface area contributed by atoms with Crippen molar-refractivity contribution in [2.45, 2.75) is 45.4 Å². The maximum Gasteiger partial charge on any atom is 0.240 e. The summed E-state index contributed by atoms with van der Waals surface area (Å²) in [5.74, 6) is -0.0691. The monoisotopic (exact) mass is 448 g/mol. The third kappa shape index (κ3) is 7.39. The van der Waals surface area contributed by atoms with Crippen molar-refractivity contribution in [1.82, 2.24) is 4.90 Å². The van der Waals surface area contributed by atoms with Crippen LogP contribution in [0, 0.1) is 0 Å². The van der Waals surface area contributed by atoms with Gasteiger partial charge in [0.1, 0.15) is 0 Å². The Morgan fingerprint density at radius 2 is 1.58 bits per heavy atom. The van der Waals surface area contributed by atoms with Crippen LogP contribution in [0.15, 0.2) is 72.8 Å². The van der Waals surface area contributed by atoms with E-state index < -0.39 is 12.3 Å². The van der Waals surface area contributed by atoms with E-state index in [2.05, 4.69) is 36.4 Å². The van der Waals surface area contributed by atoms with Gasteiger partial charge in [0.05, 0.1) is 12.6 Å². The molecule has 2 N–H and O–H groups in total. The van der Waals surface area contributed by atoms with Crippen LogP contribution in [-0.4, -0.2) is 49.4 Å². The first-order chi connectivity index (χ1) is 16.1. The van der Waals surface area contributed by atoms with Crippen molar-refractivity contribution < 1.29 is 14.3 Å². The summed E-state index contributed by atoms with van der Waals surface area (Å²) in [6, 6.07) is 24.0. The zero-order valence-electron chi connectivity index (χ0n) is 19.8. The molecule has 176 valence electrons. The van der Waals surface area contributed by atoms with E-state index >= 15 is 0 Å². The molecule has 3 aromatic carbocycles. The lowest BCUT2D eigenvalue weighted by atomic mass is 9.98. The van der Waals surface area contributed by atoms with Gasteiger partial charge < -0.3 is 20.1 Å². The number of amides is 1. The number of rotatable bonds is 13. The molecule has 0 bridgehead atoms. The number of ether oxygens (including phenoxy) is 2. The lowest BCUT2D eigenvalue weighted by Crippen LogP contribution is -2.48. The molecular formula is C28H36N2O3. The van der Waals surface area contributed by atoms with Gasteiger partial charge in [0.25, 0.3) is 0 Å². The number of aryl methyl sites for hydroxylation is 1. The number of nitrogens with two attached hydrogens (primary N) is 1. The zero-order chi connectivity index (χ0) is 23.5. The number of fused-ring (bicyclic) bond motifs is 1. The van der Waals surface area contributed by atoms with Gasteiger partial charge >= 0.3 is 0 Å². The van der Waals surface area contributed by atoms with Gasteiger partial charge in [-0.3, -0.25) is 4.79 Å². The van der Waals surface area contributed by atoms with Gasteiger partial charge in [-0.15, -0.1) is 0 Å². The summed E-state index contributed by atoms with van der Waals surface area (Å²) in [5, 5.41) is 2.29. The van der Waals surface area contributed by atoms with E-state index in [1.54, 1.807) is 0 Å². The normalized spacial score (nSPS) is 12.2. The van der Waals surface area contributed by atoms with E-state index in [9.17, 15) is 4.79 Å². The largest absolute Gasteiger partial charge is 0.351 e. The van der Waals surface area contributed by atoms with Gasteiger partial charge in [-0.2, -0.15) is 0 Å². The van der Waals surface area contributed by atoms with Gasteiger partial charge in [0.15, 0.2) is 6.29 Å². The van der Waals surface area contributed by atoms with Crippen LogP contribution in [0.25, 0.3) is 10.8 Å². The molecule has 3 aromatic rings. The molecule has 0 aliphatic carbocycles. The lowest BCUT2D eigenvalue weighted by molar-refractivity contribution is -0.159. The fourth-order valence-corrected chi connectivity index (χ4v) is 4.14. The molecule has 3 rings (SSSR count). The third-order valence-electron chi connectivity index (χ3n) is 5.76. The first-order valence-electron chi connectivity index (χ1n) is 11.9. The minimum absolute atomic E-state index is 0.0691. The standard InChI is InChI=1S/C28H36N2O3/c1-3-32-27(33-4-2)21-30(19-11-14-22-12-6-5-7-13-22)28(31)26(29)20-24-17-10-16-23-15-8-9-18-25(23)24/h5-10,12-13,15-18,26-27H,3-4,11,14,19-21,29H2,1-2H3/t26-/m0/s1. The predicted molar refractivity (Wildman–Crippen MR) is 134 cm³/mol. The first-order valence-corrected chi connectivity index (χ1v) is 11.9. The Hall–Kier alpha value is -2.73. The molecule has 0 unspecified atom stereocenters. The Bertz CT molecular complexity index is 981. The van der Waals surface area contributed by atoms with E-state index in [1.807, 2.05) is 55.1 Å². The topological polar surface area (TPSA) is 64.8 Å². The third-order valence-corrected chi connectivity index (χ3v) is 5.76. The van der Waals surface area contributed by atoms with E-state index in [0.29, 0.717) is 32.7 Å². The predicted octanol–water partition coefficient (Wildman–Crippen LogP) is 4.57. The van der Waals surface area contributed by atoms with Gasteiger partial charge in [-0.25, -0.2) is 0 Å². The Balaban J connectivity index is 1.71. The molecule has 0 radical (unpaired) electrons. The molecule has 0 saturated carbocycles. The number of benzene rings is 3. The first kappa shape index (κ1) is 24.9. The second-order valence-corrected chi connectivity index (χ2v) is 8.16. The van der Waals surface area contributed by atoms with Crippen molar-refractivity contribution in [3.8, 4) is 0 Å². The summed E-state index contributed by atoms with van der Waals surface area (Å²) in [5.41, 5.74) is 8.82. The molecule has 1 atom stereocenters. The number of nitrogens with zero attached hydrogens (tertiary/aromatic N) is 1. The van der Waals surface area contributed by atoms with E-state index in [-0.39, 0.29) is 5.91 Å². The zero-order valence-corrected chi connectivity index (χ0v) is 19.8. The number of carbonyl (C=O) groups is 1. The van der Waals surface area contributed by atoms with Crippen LogP contribution < -0.4 is 5.73 Å². The van der Waals surface area contributed by atoms with Crippen LogP contribution in [0.2, 0.25) is 0 Å². The van der Waals surface area contributed by atoms with Crippen LogP contribution in [0.3, 0.4) is 0 Å². The summed E-state index contributed by atoms with van der Waals surface area (Å²) in [6.07, 6.45) is 1.78. The van der Waals surface area contributed by atoms with Crippen LogP contribution in [-0.2, 0) is 27.1 Å². The molecule has 0 aliphatic rings. The van der Waals surface area contributed by atoms with Crippen LogP contribution in [0.1, 0.15) is 31.4 Å². The number of hydrogen-bond acceptors (Lipinski definition) is 4. The van der Waals surface area contributed by atoms with E-state index in [4.69, 9.17) is 15.2 Å². The van der Waals surface area contributed by atoms with Crippen LogP contribution in [0.4, 0.5) is 0 Å². The minimum Gasteiger partial charge on any atom is -0.351 e. The van der Waals surface area contributed by atoms with Crippen LogP contribution >= 0.6 is 0 Å². The maximum absolute atomic E-state index is 13.5. The van der Waals surface area contributed by atoms with Crippen LogP contribution in [0.5, 0.6) is 0 Å². The highest BCUT2D eigenvalue weighted by molar-refractivity contribution is 5.87. The molecule has 0 saturated heterocycles. The lowest BCUT2D eigenvalue weighted by Gasteiger charge is -2.29. The molecular weight excluding hydrogens is 412 g/mol. The van der Waals surface area contributed by atoms with E-state index in [0.717, 1.165) is 29.2 Å². The average Bonchev–Trinajstić information content (AvgIpc) is 2.84. The summed E-state index contributed by atoms with van der Waals surface area (Å²) in [7, 11) is 0. The van der Waals surface area contributed by atoms with Crippen molar-refractivity contribution in [3.05, 3.63) is 83.9 Å².